The fourth-order valence-electron chi connectivity index (χ4n) is 2.96. The number of carboxylic acids is 1. The van der Waals surface area contributed by atoms with Gasteiger partial charge in [0.1, 0.15) is 7.85 Å². The Balaban J connectivity index is 2.29. The molecule has 0 aromatic carbocycles. The molecule has 3 heteroatoms. The highest BCUT2D eigenvalue weighted by molar-refractivity contribution is 6.14. The van der Waals surface area contributed by atoms with Crippen molar-refractivity contribution in [3.63, 3.8) is 0 Å². The van der Waals surface area contributed by atoms with Crippen LogP contribution in [0.2, 0.25) is 5.82 Å². The fourth-order valence-corrected chi connectivity index (χ4v) is 2.96. The molecule has 0 aromatic rings. The van der Waals surface area contributed by atoms with Crippen molar-refractivity contribution in [2.24, 2.45) is 11.3 Å². The molecular weight excluding hydrogens is 139 g/mol. The Morgan fingerprint density at radius 1 is 1.64 bits per heavy atom. The monoisotopic (exact) mass is 152 g/mol. The average molecular weight is 152 g/mol. The molecule has 3 unspecified atom stereocenters. The van der Waals surface area contributed by atoms with E-state index in [1.165, 1.54) is 0 Å². The molecule has 0 saturated heterocycles. The second-order valence-electron chi connectivity index (χ2n) is 4.21. The lowest BCUT2D eigenvalue weighted by molar-refractivity contribution is -0.148. The Labute approximate surface area is 67.4 Å². The summed E-state index contributed by atoms with van der Waals surface area (Å²) in [7, 11) is 2.09. The van der Waals surface area contributed by atoms with Crippen molar-refractivity contribution < 1.29 is 9.90 Å². The Hall–Kier alpha value is -0.465. The number of rotatable bonds is 1. The van der Waals surface area contributed by atoms with Crippen molar-refractivity contribution in [3.8, 4) is 0 Å². The minimum Gasteiger partial charge on any atom is -0.481 e. The van der Waals surface area contributed by atoms with Crippen LogP contribution in [0.3, 0.4) is 0 Å². The van der Waals surface area contributed by atoms with Crippen LogP contribution in [0, 0.1) is 11.3 Å². The molecule has 0 amide bonds. The first-order valence-corrected chi connectivity index (χ1v) is 4.38. The SMILES string of the molecule is BC1CC2CCC1(C(=O)O)C2. The summed E-state index contributed by atoms with van der Waals surface area (Å²) in [5, 5.41) is 9.06. The molecule has 0 spiro atoms. The Kier molecular flexibility index (Phi) is 1.32. The zero-order chi connectivity index (χ0) is 8.06. The lowest BCUT2D eigenvalue weighted by atomic mass is 9.65. The number of fused-ring (bicyclic) bond motifs is 2. The van der Waals surface area contributed by atoms with Gasteiger partial charge >= 0.3 is 5.97 Å². The summed E-state index contributed by atoms with van der Waals surface area (Å²) in [6, 6.07) is 0. The van der Waals surface area contributed by atoms with Crippen LogP contribution < -0.4 is 0 Å². The lowest BCUT2D eigenvalue weighted by Crippen LogP contribution is -2.30. The highest BCUT2D eigenvalue weighted by Crippen LogP contribution is 2.59. The van der Waals surface area contributed by atoms with Gasteiger partial charge in [-0.3, -0.25) is 4.79 Å². The smallest absolute Gasteiger partial charge is 0.309 e. The first-order valence-electron chi connectivity index (χ1n) is 4.38. The second kappa shape index (κ2) is 2.02. The molecule has 0 heterocycles. The maximum Gasteiger partial charge on any atom is 0.309 e. The minimum absolute atomic E-state index is 0.315. The summed E-state index contributed by atoms with van der Waals surface area (Å²) in [5.74, 6) is 0.588. The number of aliphatic carboxylic acids is 1. The van der Waals surface area contributed by atoms with E-state index in [0.29, 0.717) is 5.82 Å². The van der Waals surface area contributed by atoms with Gasteiger partial charge in [-0.2, -0.15) is 0 Å². The molecule has 0 radical (unpaired) electrons. The zero-order valence-electron chi connectivity index (χ0n) is 6.84. The third kappa shape index (κ3) is 0.769. The molecule has 2 rings (SSSR count). The van der Waals surface area contributed by atoms with Crippen LogP contribution in [0.4, 0.5) is 0 Å². The van der Waals surface area contributed by atoms with Gasteiger partial charge < -0.3 is 5.11 Å². The third-order valence-electron chi connectivity index (χ3n) is 3.71. The molecule has 0 aliphatic heterocycles. The molecule has 3 atom stereocenters. The summed E-state index contributed by atoms with van der Waals surface area (Å²) >= 11 is 0. The molecule has 0 aromatic heterocycles. The largest absolute Gasteiger partial charge is 0.481 e. The average Bonchev–Trinajstić information content (AvgIpc) is 2.43. The van der Waals surface area contributed by atoms with Crippen LogP contribution in [-0.4, -0.2) is 18.9 Å². The summed E-state index contributed by atoms with van der Waals surface area (Å²) in [5.41, 5.74) is -0.315. The van der Waals surface area contributed by atoms with Gasteiger partial charge in [0.15, 0.2) is 0 Å². The van der Waals surface area contributed by atoms with Gasteiger partial charge in [-0.1, -0.05) is 12.2 Å². The van der Waals surface area contributed by atoms with E-state index >= 15 is 0 Å². The van der Waals surface area contributed by atoms with Crippen molar-refractivity contribution >= 4 is 13.8 Å². The van der Waals surface area contributed by atoms with Gasteiger partial charge in [0.2, 0.25) is 0 Å². The standard InChI is InChI=1S/C8H13BO2/c9-6-3-5-1-2-8(6,4-5)7(10)11/h5-6H,1-4,9H2,(H,10,11). The van der Waals surface area contributed by atoms with Crippen LogP contribution in [0.5, 0.6) is 0 Å². The van der Waals surface area contributed by atoms with Crippen LogP contribution >= 0.6 is 0 Å². The molecule has 60 valence electrons. The van der Waals surface area contributed by atoms with E-state index in [2.05, 4.69) is 7.85 Å². The fraction of sp³-hybridized carbons (Fsp3) is 0.875. The minimum atomic E-state index is -0.551. The van der Waals surface area contributed by atoms with Crippen LogP contribution in [0.15, 0.2) is 0 Å². The predicted octanol–water partition coefficient (Wildman–Crippen LogP) is 0.683. The number of carboxylic acid groups (broad SMARTS) is 1. The van der Waals surface area contributed by atoms with Crippen molar-refractivity contribution in [1.29, 1.82) is 0 Å². The maximum absolute atomic E-state index is 11.0. The molecule has 2 fully saturated rings. The van der Waals surface area contributed by atoms with Gasteiger partial charge in [0.25, 0.3) is 0 Å². The highest BCUT2D eigenvalue weighted by atomic mass is 16.4. The molecule has 2 bridgehead atoms. The summed E-state index contributed by atoms with van der Waals surface area (Å²) in [4.78, 5) is 11.0. The van der Waals surface area contributed by atoms with E-state index in [1.807, 2.05) is 0 Å². The molecule has 2 nitrogen and oxygen atoms in total. The van der Waals surface area contributed by atoms with Gasteiger partial charge in [0.05, 0.1) is 5.41 Å². The summed E-state index contributed by atoms with van der Waals surface area (Å²) in [6.07, 6.45) is 4.17. The van der Waals surface area contributed by atoms with E-state index in [-0.39, 0.29) is 5.41 Å². The van der Waals surface area contributed by atoms with Crippen molar-refractivity contribution in [2.75, 3.05) is 0 Å². The van der Waals surface area contributed by atoms with E-state index in [4.69, 9.17) is 5.11 Å². The van der Waals surface area contributed by atoms with E-state index < -0.39 is 5.97 Å². The first kappa shape index (κ1) is 7.20. The number of carbonyl (C=O) groups is 1. The van der Waals surface area contributed by atoms with Crippen molar-refractivity contribution in [1.82, 2.24) is 0 Å². The zero-order valence-corrected chi connectivity index (χ0v) is 6.84. The van der Waals surface area contributed by atoms with Gasteiger partial charge in [-0.15, -0.1) is 0 Å². The molecule has 1 N–H and O–H groups in total. The van der Waals surface area contributed by atoms with Gasteiger partial charge in [0, 0.05) is 0 Å². The van der Waals surface area contributed by atoms with Crippen LogP contribution in [0.25, 0.3) is 0 Å². The maximum atomic E-state index is 11.0. The van der Waals surface area contributed by atoms with Gasteiger partial charge in [-0.05, 0) is 25.2 Å². The first-order chi connectivity index (χ1) is 5.15. The Bertz CT molecular complexity index is 204. The predicted molar refractivity (Wildman–Crippen MR) is 44.3 cm³/mol. The second-order valence-corrected chi connectivity index (χ2v) is 4.21. The molecular formula is C8H13BO2. The van der Waals surface area contributed by atoms with Crippen molar-refractivity contribution in [3.05, 3.63) is 0 Å². The highest BCUT2D eigenvalue weighted by Gasteiger charge is 2.54. The molecule has 2 saturated carbocycles. The Morgan fingerprint density at radius 2 is 2.36 bits per heavy atom. The van der Waals surface area contributed by atoms with Crippen LogP contribution in [0.1, 0.15) is 25.7 Å². The lowest BCUT2D eigenvalue weighted by Gasteiger charge is -2.27. The van der Waals surface area contributed by atoms with Crippen molar-refractivity contribution in [2.45, 2.75) is 31.5 Å². The third-order valence-corrected chi connectivity index (χ3v) is 3.71. The molecule has 2 aliphatic carbocycles. The van der Waals surface area contributed by atoms with E-state index in [1.54, 1.807) is 0 Å². The number of hydrogen-bond acceptors (Lipinski definition) is 1. The van der Waals surface area contributed by atoms with E-state index in [9.17, 15) is 4.79 Å². The summed E-state index contributed by atoms with van der Waals surface area (Å²) in [6.45, 7) is 0. The quantitative estimate of drug-likeness (QED) is 0.561. The molecule has 11 heavy (non-hydrogen) atoms. The van der Waals surface area contributed by atoms with E-state index in [0.717, 1.165) is 31.6 Å². The normalized spacial score (nSPS) is 48.0. The Morgan fingerprint density at radius 3 is 2.64 bits per heavy atom. The summed E-state index contributed by atoms with van der Waals surface area (Å²) < 4.78 is 0. The van der Waals surface area contributed by atoms with Gasteiger partial charge in [-0.25, -0.2) is 0 Å². The van der Waals surface area contributed by atoms with Crippen LogP contribution in [-0.2, 0) is 4.79 Å². The molecule has 2 aliphatic rings. The topological polar surface area (TPSA) is 37.3 Å². The number of hydrogen-bond donors (Lipinski definition) is 1.